The number of benzene rings is 1. The topological polar surface area (TPSA) is 0 Å². The summed E-state index contributed by atoms with van der Waals surface area (Å²) in [7, 11) is 0.192. The molecule has 0 nitrogen and oxygen atoms in total. The molecule has 0 spiro atoms. The van der Waals surface area contributed by atoms with Gasteiger partial charge in [-0.1, -0.05) is 62.9 Å². The van der Waals surface area contributed by atoms with Gasteiger partial charge in [-0.15, -0.1) is 20.3 Å². The molecule has 0 fully saturated rings. The van der Waals surface area contributed by atoms with Gasteiger partial charge in [-0.25, -0.2) is 0 Å². The van der Waals surface area contributed by atoms with Crippen LogP contribution in [0.2, 0.25) is 0 Å². The van der Waals surface area contributed by atoms with Crippen molar-refractivity contribution < 1.29 is 0 Å². The monoisotopic (exact) mass is 286 g/mol. The van der Waals surface area contributed by atoms with E-state index in [1.807, 2.05) is 0 Å². The predicted octanol–water partition coefficient (Wildman–Crippen LogP) is 5.73. The maximum Gasteiger partial charge on any atom is -0.0174 e. The second-order valence-electron chi connectivity index (χ2n) is 5.16. The highest BCUT2D eigenvalue weighted by Gasteiger charge is 2.12. The number of hydrogen-bond donors (Lipinski definition) is 0. The highest BCUT2D eigenvalue weighted by atomic mass is 35.5. The van der Waals surface area contributed by atoms with E-state index >= 15 is 0 Å². The molecule has 0 radical (unpaired) electrons. The van der Waals surface area contributed by atoms with Crippen molar-refractivity contribution in [3.63, 3.8) is 0 Å². The van der Waals surface area contributed by atoms with Crippen molar-refractivity contribution in [1.82, 2.24) is 0 Å². The molecule has 0 saturated carbocycles. The number of rotatable bonds is 8. The van der Waals surface area contributed by atoms with Gasteiger partial charge in [0.05, 0.1) is 0 Å². The Balaban J connectivity index is 0.00000289. The SMILES string of the molecule is CCCCCCC(Cc1ccccc1)P(C)C.Cl. The van der Waals surface area contributed by atoms with Gasteiger partial charge in [0, 0.05) is 0 Å². The fraction of sp³-hybridized carbons (Fsp3) is 0.625. The van der Waals surface area contributed by atoms with Gasteiger partial charge in [-0.3, -0.25) is 0 Å². The van der Waals surface area contributed by atoms with Gasteiger partial charge in [0.2, 0.25) is 0 Å². The highest BCUT2D eigenvalue weighted by Crippen LogP contribution is 2.37. The van der Waals surface area contributed by atoms with Crippen molar-refractivity contribution in [3.8, 4) is 0 Å². The van der Waals surface area contributed by atoms with E-state index < -0.39 is 0 Å². The van der Waals surface area contributed by atoms with Crippen molar-refractivity contribution in [2.24, 2.45) is 0 Å². The first-order valence-electron chi connectivity index (χ1n) is 6.94. The summed E-state index contributed by atoms with van der Waals surface area (Å²) >= 11 is 0. The number of unbranched alkanes of at least 4 members (excludes halogenated alkanes) is 3. The molecule has 1 rings (SSSR count). The third-order valence-corrected chi connectivity index (χ3v) is 5.34. The first kappa shape index (κ1) is 17.9. The van der Waals surface area contributed by atoms with Crippen LogP contribution in [-0.4, -0.2) is 19.0 Å². The van der Waals surface area contributed by atoms with Crippen molar-refractivity contribution in [2.45, 2.75) is 51.1 Å². The summed E-state index contributed by atoms with van der Waals surface area (Å²) < 4.78 is 0. The molecule has 0 aliphatic carbocycles. The van der Waals surface area contributed by atoms with Crippen LogP contribution in [0.4, 0.5) is 0 Å². The lowest BCUT2D eigenvalue weighted by atomic mass is 10.0. The van der Waals surface area contributed by atoms with E-state index in [1.54, 1.807) is 0 Å². The maximum atomic E-state index is 2.43. The van der Waals surface area contributed by atoms with Crippen LogP contribution in [0.25, 0.3) is 0 Å². The minimum absolute atomic E-state index is 0. The molecular weight excluding hydrogens is 259 g/mol. The fourth-order valence-electron chi connectivity index (χ4n) is 2.24. The third kappa shape index (κ3) is 7.39. The molecule has 0 N–H and O–H groups in total. The van der Waals surface area contributed by atoms with Crippen LogP contribution in [0, 0.1) is 0 Å². The van der Waals surface area contributed by atoms with Crippen LogP contribution < -0.4 is 0 Å². The molecule has 0 aliphatic rings. The molecule has 2 heteroatoms. The molecule has 1 aromatic rings. The standard InChI is InChI=1S/C16H27P.ClH/c1-4-5-6-10-13-16(17(2)3)14-15-11-8-7-9-12-15;/h7-9,11-12,16H,4-6,10,13-14H2,1-3H3;1H. The van der Waals surface area contributed by atoms with Crippen LogP contribution in [0.15, 0.2) is 30.3 Å². The summed E-state index contributed by atoms with van der Waals surface area (Å²) in [5, 5.41) is 0. The Kier molecular flexibility index (Phi) is 10.8. The zero-order valence-electron chi connectivity index (χ0n) is 12.1. The lowest BCUT2D eigenvalue weighted by molar-refractivity contribution is 0.612. The summed E-state index contributed by atoms with van der Waals surface area (Å²) in [5.41, 5.74) is 2.44. The van der Waals surface area contributed by atoms with Crippen LogP contribution in [-0.2, 0) is 6.42 Å². The first-order chi connectivity index (χ1) is 8.24. The zero-order chi connectivity index (χ0) is 12.5. The minimum Gasteiger partial charge on any atom is -0.147 e. The Labute approximate surface area is 121 Å². The molecule has 18 heavy (non-hydrogen) atoms. The van der Waals surface area contributed by atoms with Crippen molar-refractivity contribution in [2.75, 3.05) is 13.3 Å². The second kappa shape index (κ2) is 10.8. The van der Waals surface area contributed by atoms with E-state index in [0.717, 1.165) is 5.66 Å². The smallest absolute Gasteiger partial charge is 0.0174 e. The Morgan fingerprint density at radius 1 is 1.00 bits per heavy atom. The molecular formula is C16H28ClP. The number of hydrogen-bond acceptors (Lipinski definition) is 0. The van der Waals surface area contributed by atoms with Crippen LogP contribution in [0.1, 0.15) is 44.6 Å². The van der Waals surface area contributed by atoms with E-state index in [-0.39, 0.29) is 20.3 Å². The molecule has 1 unspecified atom stereocenters. The molecule has 1 aromatic carbocycles. The fourth-order valence-corrected chi connectivity index (χ4v) is 3.51. The van der Waals surface area contributed by atoms with Crippen LogP contribution in [0.3, 0.4) is 0 Å². The van der Waals surface area contributed by atoms with Crippen LogP contribution in [0.5, 0.6) is 0 Å². The first-order valence-corrected chi connectivity index (χ1v) is 9.25. The summed E-state index contributed by atoms with van der Waals surface area (Å²) in [5.74, 6) is 0. The molecule has 0 aliphatic heterocycles. The summed E-state index contributed by atoms with van der Waals surface area (Å²) in [6.07, 6.45) is 8.30. The number of halogens is 1. The molecule has 104 valence electrons. The molecule has 0 aromatic heterocycles. The average molecular weight is 287 g/mol. The predicted molar refractivity (Wildman–Crippen MR) is 88.7 cm³/mol. The van der Waals surface area contributed by atoms with Crippen molar-refractivity contribution in [1.29, 1.82) is 0 Å². The lowest BCUT2D eigenvalue weighted by Gasteiger charge is -2.21. The van der Waals surface area contributed by atoms with E-state index in [0.29, 0.717) is 0 Å². The summed E-state index contributed by atoms with van der Waals surface area (Å²) in [4.78, 5) is 0. The molecule has 0 heterocycles. The van der Waals surface area contributed by atoms with E-state index in [9.17, 15) is 0 Å². The normalized spacial score (nSPS) is 12.2. The highest BCUT2D eigenvalue weighted by molar-refractivity contribution is 7.56. The van der Waals surface area contributed by atoms with Gasteiger partial charge in [-0.2, -0.15) is 0 Å². The van der Waals surface area contributed by atoms with E-state index in [1.165, 1.54) is 44.1 Å². The Morgan fingerprint density at radius 2 is 1.67 bits per heavy atom. The largest absolute Gasteiger partial charge is 0.147 e. The summed E-state index contributed by atoms with van der Waals surface area (Å²) in [6.45, 7) is 7.15. The Bertz CT molecular complexity index is 284. The van der Waals surface area contributed by atoms with Gasteiger partial charge in [0.25, 0.3) is 0 Å². The molecule has 0 bridgehead atoms. The molecule has 1 atom stereocenters. The Hall–Kier alpha value is -0.0600. The van der Waals surface area contributed by atoms with Gasteiger partial charge in [-0.05, 0) is 37.4 Å². The van der Waals surface area contributed by atoms with E-state index in [2.05, 4.69) is 50.6 Å². The van der Waals surface area contributed by atoms with Gasteiger partial charge < -0.3 is 0 Å². The van der Waals surface area contributed by atoms with Crippen molar-refractivity contribution in [3.05, 3.63) is 35.9 Å². The minimum atomic E-state index is 0. The zero-order valence-corrected chi connectivity index (χ0v) is 13.8. The van der Waals surface area contributed by atoms with Gasteiger partial charge >= 0.3 is 0 Å². The van der Waals surface area contributed by atoms with E-state index in [4.69, 9.17) is 0 Å². The van der Waals surface area contributed by atoms with Gasteiger partial charge in [0.15, 0.2) is 0 Å². The van der Waals surface area contributed by atoms with Crippen LogP contribution >= 0.6 is 20.3 Å². The van der Waals surface area contributed by atoms with Gasteiger partial charge in [0.1, 0.15) is 0 Å². The molecule has 0 saturated heterocycles. The maximum absolute atomic E-state index is 2.43. The quantitative estimate of drug-likeness (QED) is 0.423. The Morgan fingerprint density at radius 3 is 2.22 bits per heavy atom. The van der Waals surface area contributed by atoms with Crippen molar-refractivity contribution >= 4 is 20.3 Å². The average Bonchev–Trinajstić information content (AvgIpc) is 2.34. The third-order valence-electron chi connectivity index (χ3n) is 3.44. The molecule has 0 amide bonds. The second-order valence-corrected chi connectivity index (χ2v) is 7.81. The lowest BCUT2D eigenvalue weighted by Crippen LogP contribution is -2.09. The summed E-state index contributed by atoms with van der Waals surface area (Å²) in [6, 6.07) is 11.0.